The number of hydrogen-bond donors (Lipinski definition) is 5. The molecule has 238 valence electrons. The Morgan fingerprint density at radius 2 is 1.61 bits per heavy atom. The van der Waals surface area contributed by atoms with Crippen LogP contribution in [0.3, 0.4) is 0 Å². The second-order valence-electron chi connectivity index (χ2n) is 11.0. The summed E-state index contributed by atoms with van der Waals surface area (Å²) in [6.45, 7) is 4.70. The smallest absolute Gasteiger partial charge is 0.324 e. The van der Waals surface area contributed by atoms with Gasteiger partial charge in [0.1, 0.15) is 11.6 Å². The number of ether oxygens (including phenoxy) is 1. The standard InChI is InChI=1S/C35H39N7O4/c1-4-36-18-23-5-10-26(11-6-23)27-12-7-24(8-13-27)19-39-30(34(45)46-3)21-40-33(44)29-22-42(2)31-17-25(9-14-28(31)32(29)43)20-41-35-37-15-16-38-35/h5-17,22,30,36,39H,4,18-21H2,1-3H3,(H,40,44)(H2,37,38,41). The molecule has 5 aromatic rings. The van der Waals surface area contributed by atoms with Gasteiger partial charge in [-0.3, -0.25) is 19.7 Å². The number of carbonyl (C=O) groups excluding carboxylic acids is 2. The molecule has 2 heterocycles. The minimum Gasteiger partial charge on any atom is -0.468 e. The molecule has 0 aliphatic carbocycles. The van der Waals surface area contributed by atoms with Crippen molar-refractivity contribution in [2.75, 3.05) is 25.5 Å². The van der Waals surface area contributed by atoms with E-state index in [-0.39, 0.29) is 17.5 Å². The lowest BCUT2D eigenvalue weighted by atomic mass is 10.0. The highest BCUT2D eigenvalue weighted by Gasteiger charge is 2.22. The van der Waals surface area contributed by atoms with Gasteiger partial charge in [-0.15, -0.1) is 0 Å². The Balaban J connectivity index is 1.20. The second kappa shape index (κ2) is 15.2. The Kier molecular flexibility index (Phi) is 10.6. The van der Waals surface area contributed by atoms with Crippen molar-refractivity contribution < 1.29 is 14.3 Å². The molecular weight excluding hydrogens is 582 g/mol. The molecule has 0 spiro atoms. The first-order chi connectivity index (χ1) is 22.4. The largest absolute Gasteiger partial charge is 0.468 e. The van der Waals surface area contributed by atoms with Gasteiger partial charge in [-0.05, 0) is 46.5 Å². The van der Waals surface area contributed by atoms with Crippen molar-refractivity contribution in [1.82, 2.24) is 30.5 Å². The number of carbonyl (C=O) groups is 2. The maximum absolute atomic E-state index is 13.3. The van der Waals surface area contributed by atoms with Crippen molar-refractivity contribution in [3.8, 4) is 11.1 Å². The van der Waals surface area contributed by atoms with E-state index in [0.717, 1.165) is 35.3 Å². The van der Waals surface area contributed by atoms with Gasteiger partial charge in [-0.2, -0.15) is 0 Å². The normalized spacial score (nSPS) is 11.7. The minimum atomic E-state index is -0.813. The van der Waals surface area contributed by atoms with E-state index in [2.05, 4.69) is 62.4 Å². The van der Waals surface area contributed by atoms with E-state index in [1.54, 1.807) is 30.1 Å². The molecule has 1 unspecified atom stereocenters. The molecule has 2 aromatic heterocycles. The topological polar surface area (TPSA) is 142 Å². The Morgan fingerprint density at radius 1 is 0.935 bits per heavy atom. The van der Waals surface area contributed by atoms with Crippen LogP contribution >= 0.6 is 0 Å². The summed E-state index contributed by atoms with van der Waals surface area (Å²) in [5.41, 5.74) is 5.67. The molecule has 1 atom stereocenters. The van der Waals surface area contributed by atoms with E-state index >= 15 is 0 Å². The summed E-state index contributed by atoms with van der Waals surface area (Å²) in [5, 5.41) is 12.8. The summed E-state index contributed by atoms with van der Waals surface area (Å²) in [5.74, 6) is -0.435. The van der Waals surface area contributed by atoms with Crippen LogP contribution in [0.25, 0.3) is 22.0 Å². The quantitative estimate of drug-likeness (QED) is 0.118. The number of methoxy groups -OCH3 is 1. The number of fused-ring (bicyclic) bond motifs is 1. The van der Waals surface area contributed by atoms with E-state index in [1.165, 1.54) is 18.9 Å². The number of imidazole rings is 1. The lowest BCUT2D eigenvalue weighted by Crippen LogP contribution is -2.47. The molecule has 0 fully saturated rings. The number of benzene rings is 3. The summed E-state index contributed by atoms with van der Waals surface area (Å²) in [6, 6.07) is 21.2. The predicted molar refractivity (Wildman–Crippen MR) is 179 cm³/mol. The molecule has 46 heavy (non-hydrogen) atoms. The predicted octanol–water partition coefficient (Wildman–Crippen LogP) is 3.71. The molecule has 0 saturated heterocycles. The van der Waals surface area contributed by atoms with E-state index in [4.69, 9.17) is 4.74 Å². The Bertz CT molecular complexity index is 1830. The third kappa shape index (κ3) is 7.87. The fourth-order valence-corrected chi connectivity index (χ4v) is 5.16. The third-order valence-electron chi connectivity index (χ3n) is 7.78. The number of hydrogen-bond acceptors (Lipinski definition) is 8. The second-order valence-corrected chi connectivity index (χ2v) is 11.0. The molecule has 0 aliphatic heterocycles. The van der Waals surface area contributed by atoms with Gasteiger partial charge in [-0.1, -0.05) is 61.5 Å². The number of pyridine rings is 1. The van der Waals surface area contributed by atoms with Crippen molar-refractivity contribution >= 4 is 28.7 Å². The van der Waals surface area contributed by atoms with E-state index in [1.807, 2.05) is 36.4 Å². The van der Waals surface area contributed by atoms with Crippen molar-refractivity contribution in [2.24, 2.45) is 7.05 Å². The number of anilines is 1. The van der Waals surface area contributed by atoms with Crippen molar-refractivity contribution in [3.05, 3.63) is 118 Å². The lowest BCUT2D eigenvalue weighted by Gasteiger charge is -2.18. The third-order valence-corrected chi connectivity index (χ3v) is 7.78. The van der Waals surface area contributed by atoms with Gasteiger partial charge in [0.25, 0.3) is 5.91 Å². The van der Waals surface area contributed by atoms with Crippen LogP contribution in [0.15, 0.2) is 90.1 Å². The van der Waals surface area contributed by atoms with Gasteiger partial charge >= 0.3 is 5.97 Å². The number of rotatable bonds is 14. The summed E-state index contributed by atoms with van der Waals surface area (Å²) < 4.78 is 6.72. The Labute approximate surface area is 267 Å². The molecule has 0 aliphatic rings. The number of esters is 1. The van der Waals surface area contributed by atoms with Gasteiger partial charge < -0.3 is 30.2 Å². The first kappa shape index (κ1) is 32.1. The summed E-state index contributed by atoms with van der Waals surface area (Å²) in [7, 11) is 3.08. The van der Waals surface area contributed by atoms with Gasteiger partial charge in [0.05, 0.1) is 12.6 Å². The Hall–Kier alpha value is -5.26. The average Bonchev–Trinajstić information content (AvgIpc) is 3.62. The minimum absolute atomic E-state index is 0.00896. The molecule has 0 saturated carbocycles. The molecule has 3 aromatic carbocycles. The highest BCUT2D eigenvalue weighted by Crippen LogP contribution is 2.21. The summed E-state index contributed by atoms with van der Waals surface area (Å²) in [4.78, 5) is 46.2. The van der Waals surface area contributed by atoms with Gasteiger partial charge in [0.2, 0.25) is 5.43 Å². The SMILES string of the molecule is CCNCc1ccc(-c2ccc(CNC(CNC(=O)c3cn(C)c4cc(CNc5ncc[nH]5)ccc4c3=O)C(=O)OC)cc2)cc1. The van der Waals surface area contributed by atoms with Crippen molar-refractivity contribution in [1.29, 1.82) is 0 Å². The maximum atomic E-state index is 13.3. The number of H-pyrrole nitrogens is 1. The van der Waals surface area contributed by atoms with Crippen LogP contribution in [-0.4, -0.2) is 52.7 Å². The number of nitrogens with zero attached hydrogens (tertiary/aromatic N) is 2. The van der Waals surface area contributed by atoms with Crippen LogP contribution in [0.4, 0.5) is 5.95 Å². The monoisotopic (exact) mass is 621 g/mol. The van der Waals surface area contributed by atoms with Gasteiger partial charge in [0.15, 0.2) is 5.95 Å². The molecule has 11 heteroatoms. The van der Waals surface area contributed by atoms with Crippen molar-refractivity contribution in [3.63, 3.8) is 0 Å². The number of aromatic nitrogens is 3. The highest BCUT2D eigenvalue weighted by molar-refractivity contribution is 5.97. The van der Waals surface area contributed by atoms with E-state index < -0.39 is 17.9 Å². The molecule has 5 rings (SSSR count). The van der Waals surface area contributed by atoms with Gasteiger partial charge in [0, 0.05) is 57.2 Å². The van der Waals surface area contributed by atoms with Gasteiger partial charge in [-0.25, -0.2) is 4.98 Å². The van der Waals surface area contributed by atoms with Crippen LogP contribution in [0, 0.1) is 0 Å². The van der Waals surface area contributed by atoms with Crippen molar-refractivity contribution in [2.45, 2.75) is 32.6 Å². The molecule has 0 bridgehead atoms. The molecule has 1 amide bonds. The zero-order valence-corrected chi connectivity index (χ0v) is 26.2. The first-order valence-electron chi connectivity index (χ1n) is 15.2. The number of nitrogens with one attached hydrogen (secondary N) is 5. The fourth-order valence-electron chi connectivity index (χ4n) is 5.16. The average molecular weight is 622 g/mol. The zero-order valence-electron chi connectivity index (χ0n) is 26.2. The molecule has 11 nitrogen and oxygen atoms in total. The van der Waals surface area contributed by atoms with Crippen LogP contribution in [0.5, 0.6) is 0 Å². The molecular formula is C35H39N7O4. The van der Waals surface area contributed by atoms with E-state index in [9.17, 15) is 14.4 Å². The molecule has 0 radical (unpaired) electrons. The van der Waals surface area contributed by atoms with Crippen LogP contribution in [0.1, 0.15) is 34.0 Å². The van der Waals surface area contributed by atoms with Crippen LogP contribution in [0.2, 0.25) is 0 Å². The zero-order chi connectivity index (χ0) is 32.5. The maximum Gasteiger partial charge on any atom is 0.324 e. The Morgan fingerprint density at radius 3 is 2.24 bits per heavy atom. The van der Waals surface area contributed by atoms with Crippen LogP contribution < -0.4 is 26.7 Å². The fraction of sp³-hybridized carbons (Fsp3) is 0.257. The first-order valence-corrected chi connectivity index (χ1v) is 15.2. The molecule has 5 N–H and O–H groups in total. The van der Waals surface area contributed by atoms with Crippen LogP contribution in [-0.2, 0) is 36.2 Å². The van der Waals surface area contributed by atoms with E-state index in [0.29, 0.717) is 29.9 Å². The highest BCUT2D eigenvalue weighted by atomic mass is 16.5. The summed E-state index contributed by atoms with van der Waals surface area (Å²) >= 11 is 0. The number of amides is 1. The number of aryl methyl sites for hydroxylation is 1. The lowest BCUT2D eigenvalue weighted by molar-refractivity contribution is -0.143. The number of aromatic amines is 1. The summed E-state index contributed by atoms with van der Waals surface area (Å²) in [6.07, 6.45) is 4.91.